The van der Waals surface area contributed by atoms with Gasteiger partial charge in [-0.3, -0.25) is 10.1 Å². The highest BCUT2D eigenvalue weighted by Crippen LogP contribution is 2.45. The lowest BCUT2D eigenvalue weighted by Gasteiger charge is -2.26. The smallest absolute Gasteiger partial charge is 0.258 e. The molecule has 3 aliphatic rings. The van der Waals surface area contributed by atoms with Crippen LogP contribution in [0.25, 0.3) is 32.3 Å². The molecule has 0 fully saturated rings. The fourth-order valence-electron chi connectivity index (χ4n) is 5.91. The Labute approximate surface area is 239 Å². The van der Waals surface area contributed by atoms with Gasteiger partial charge in [-0.05, 0) is 77.5 Å². The van der Waals surface area contributed by atoms with Crippen molar-refractivity contribution in [1.29, 1.82) is 0 Å². The first-order valence-corrected chi connectivity index (χ1v) is 15.9. The van der Waals surface area contributed by atoms with Crippen LogP contribution >= 0.6 is 23.5 Å². The van der Waals surface area contributed by atoms with Gasteiger partial charge in [-0.2, -0.15) is 23.5 Å². The van der Waals surface area contributed by atoms with E-state index in [4.69, 9.17) is 0 Å². The lowest BCUT2D eigenvalue weighted by atomic mass is 9.79. The van der Waals surface area contributed by atoms with E-state index in [0.29, 0.717) is 17.2 Å². The fourth-order valence-corrected chi connectivity index (χ4v) is 7.94. The van der Waals surface area contributed by atoms with Crippen LogP contribution in [0.4, 0.5) is 5.69 Å². The molecule has 8 rings (SSSR count). The Balaban J connectivity index is 1.68. The average Bonchev–Trinajstić information content (AvgIpc) is 2.85. The number of hydrogen-bond acceptors (Lipinski definition) is 4. The zero-order valence-electron chi connectivity index (χ0n) is 23.6. The van der Waals surface area contributed by atoms with Crippen LogP contribution in [0.3, 0.4) is 0 Å². The highest BCUT2D eigenvalue weighted by atomic mass is 32.2. The van der Waals surface area contributed by atoms with E-state index in [1.807, 2.05) is 18.2 Å². The maximum Gasteiger partial charge on any atom is 0.277 e. The van der Waals surface area contributed by atoms with Crippen LogP contribution in [0.15, 0.2) is 54.6 Å². The molecule has 39 heavy (non-hydrogen) atoms. The minimum absolute atomic E-state index is 0.0336. The summed E-state index contributed by atoms with van der Waals surface area (Å²) < 4.78 is 0. The van der Waals surface area contributed by atoms with Crippen LogP contribution in [0.2, 0.25) is 0 Å². The summed E-state index contributed by atoms with van der Waals surface area (Å²) in [5, 5.41) is 20.1. The van der Waals surface area contributed by atoms with Crippen LogP contribution in [0, 0.1) is 10.1 Å². The Morgan fingerprint density at radius 2 is 1.05 bits per heavy atom. The zero-order chi connectivity index (χ0) is 27.7. The maximum absolute atomic E-state index is 12.2. The second-order valence-electron chi connectivity index (χ2n) is 13.0. The minimum atomic E-state index is -0.179. The molecule has 0 saturated carbocycles. The zero-order valence-corrected chi connectivity index (χ0v) is 25.2. The van der Waals surface area contributed by atoms with Gasteiger partial charge < -0.3 is 0 Å². The third-order valence-electron chi connectivity index (χ3n) is 8.09. The predicted octanol–water partition coefficient (Wildman–Crippen LogP) is 10.3. The third-order valence-corrected chi connectivity index (χ3v) is 10.1. The van der Waals surface area contributed by atoms with Crippen molar-refractivity contribution in [2.24, 2.45) is 0 Å². The minimum Gasteiger partial charge on any atom is -0.258 e. The molecule has 0 saturated heterocycles. The SMILES string of the molecule is CC(C)(C)c1cc2cc3c4cc(C(C)(C)C)cc5cc(c(c1)c2c54)CSCc1cccc(c1[N+](=O)[O-])CSC3. The Morgan fingerprint density at radius 3 is 1.44 bits per heavy atom. The van der Waals surface area contributed by atoms with Gasteiger partial charge in [0.25, 0.3) is 5.69 Å². The molecule has 5 heteroatoms. The molecule has 3 heterocycles. The van der Waals surface area contributed by atoms with Gasteiger partial charge in [0, 0.05) is 34.1 Å². The van der Waals surface area contributed by atoms with Crippen molar-refractivity contribution in [2.75, 3.05) is 0 Å². The van der Waals surface area contributed by atoms with Crippen molar-refractivity contribution < 1.29 is 4.92 Å². The Morgan fingerprint density at radius 1 is 0.641 bits per heavy atom. The molecule has 200 valence electrons. The topological polar surface area (TPSA) is 43.1 Å². The molecule has 0 unspecified atom stereocenters. The summed E-state index contributed by atoms with van der Waals surface area (Å²) in [5.41, 5.74) is 7.32. The van der Waals surface area contributed by atoms with Gasteiger partial charge in [0.2, 0.25) is 0 Å². The van der Waals surface area contributed by atoms with Gasteiger partial charge in [0.1, 0.15) is 0 Å². The largest absolute Gasteiger partial charge is 0.277 e. The van der Waals surface area contributed by atoms with Gasteiger partial charge in [0.15, 0.2) is 0 Å². The number of benzene rings is 5. The van der Waals surface area contributed by atoms with E-state index in [-0.39, 0.29) is 15.8 Å². The molecule has 0 aliphatic carbocycles. The van der Waals surface area contributed by atoms with Gasteiger partial charge in [0.05, 0.1) is 4.92 Å². The highest BCUT2D eigenvalue weighted by molar-refractivity contribution is 7.98. The van der Waals surface area contributed by atoms with E-state index in [9.17, 15) is 10.1 Å². The average molecular weight is 554 g/mol. The van der Waals surface area contributed by atoms with Crippen molar-refractivity contribution >= 4 is 61.5 Å². The van der Waals surface area contributed by atoms with Crippen molar-refractivity contribution in [2.45, 2.75) is 75.4 Å². The molecule has 0 atom stereocenters. The first-order valence-electron chi connectivity index (χ1n) is 13.6. The van der Waals surface area contributed by atoms with Gasteiger partial charge in [-0.1, -0.05) is 84.0 Å². The molecule has 0 spiro atoms. The number of hydrogen-bond donors (Lipinski definition) is 0. The van der Waals surface area contributed by atoms with E-state index < -0.39 is 0 Å². The van der Waals surface area contributed by atoms with E-state index in [0.717, 1.165) is 22.6 Å². The molecule has 5 aromatic carbocycles. The number of para-hydroxylation sites is 1. The molecule has 5 aromatic rings. The molecule has 3 nitrogen and oxygen atoms in total. The van der Waals surface area contributed by atoms with Gasteiger partial charge in [-0.15, -0.1) is 0 Å². The summed E-state index contributed by atoms with van der Waals surface area (Å²) in [6, 6.07) is 20.3. The highest BCUT2D eigenvalue weighted by Gasteiger charge is 2.24. The molecule has 0 N–H and O–H groups in total. The predicted molar refractivity (Wildman–Crippen MR) is 171 cm³/mol. The van der Waals surface area contributed by atoms with Crippen LogP contribution in [-0.2, 0) is 33.8 Å². The Hall–Kier alpha value is -2.76. The van der Waals surface area contributed by atoms with Gasteiger partial charge >= 0.3 is 0 Å². The summed E-state index contributed by atoms with van der Waals surface area (Å²) in [5.74, 6) is 2.86. The maximum atomic E-state index is 12.2. The molecule has 0 aromatic heterocycles. The summed E-state index contributed by atoms with van der Waals surface area (Å²) in [4.78, 5) is 12.0. The van der Waals surface area contributed by atoms with Crippen molar-refractivity contribution in [1.82, 2.24) is 0 Å². The van der Waals surface area contributed by atoms with Crippen molar-refractivity contribution in [3.8, 4) is 0 Å². The van der Waals surface area contributed by atoms with Crippen molar-refractivity contribution in [3.63, 3.8) is 0 Å². The standard InChI is InChI=1S/C34H35NO2S2/c1-33(2,3)26-12-22-10-25-19-39-17-21-9-7-8-20(32(21)35(36)37)16-38-18-24-11-23-13-27(34(4,5)6)15-29(25)31(23)30(22)28(24)14-26/h7-15H,16-19H2,1-6H3. The quantitative estimate of drug-likeness (QED) is 0.118. The lowest BCUT2D eigenvalue weighted by molar-refractivity contribution is -0.386. The van der Waals surface area contributed by atoms with Crippen LogP contribution < -0.4 is 0 Å². The van der Waals surface area contributed by atoms with Gasteiger partial charge in [-0.25, -0.2) is 0 Å². The number of nitro groups is 1. The van der Waals surface area contributed by atoms with E-state index in [1.165, 1.54) is 54.6 Å². The third kappa shape index (κ3) is 4.68. The van der Waals surface area contributed by atoms with E-state index in [2.05, 4.69) is 77.9 Å². The molecule has 0 radical (unpaired) electrons. The first kappa shape index (κ1) is 26.5. The fraction of sp³-hybridized carbons (Fsp3) is 0.353. The summed E-state index contributed by atoms with van der Waals surface area (Å²) in [6.07, 6.45) is 0. The second kappa shape index (κ2) is 9.42. The number of thioether (sulfide) groups is 2. The van der Waals surface area contributed by atoms with Crippen LogP contribution in [-0.4, -0.2) is 4.92 Å². The summed E-state index contributed by atoms with van der Waals surface area (Å²) >= 11 is 3.55. The van der Waals surface area contributed by atoms with Crippen LogP contribution in [0.1, 0.15) is 74.9 Å². The van der Waals surface area contributed by atoms with Crippen LogP contribution in [0.5, 0.6) is 0 Å². The monoisotopic (exact) mass is 553 g/mol. The molecular formula is C34H35NO2S2. The molecule has 10 bridgehead atoms. The molecule has 0 amide bonds. The van der Waals surface area contributed by atoms with Crippen molar-refractivity contribution in [3.05, 3.63) is 98.1 Å². The summed E-state index contributed by atoms with van der Waals surface area (Å²) in [7, 11) is 0. The normalized spacial score (nSPS) is 15.0. The molecule has 3 aliphatic heterocycles. The second-order valence-corrected chi connectivity index (χ2v) is 15.0. The number of nitro benzene ring substituents is 1. The number of rotatable bonds is 1. The summed E-state index contributed by atoms with van der Waals surface area (Å²) in [6.45, 7) is 13.7. The number of nitrogens with zero attached hydrogens (tertiary/aromatic N) is 1. The Bertz CT molecular complexity index is 1640. The van der Waals surface area contributed by atoms with E-state index in [1.54, 1.807) is 23.5 Å². The lowest BCUT2D eigenvalue weighted by Crippen LogP contribution is -2.12. The first-order chi connectivity index (χ1) is 18.4. The molecular weight excluding hydrogens is 519 g/mol. The Kier molecular flexibility index (Phi) is 6.39. The van der Waals surface area contributed by atoms with E-state index >= 15 is 0 Å².